The Kier molecular flexibility index (Phi) is 4.68. The molecule has 7 nitrogen and oxygen atoms in total. The third-order valence-electron chi connectivity index (χ3n) is 5.92. The van der Waals surface area contributed by atoms with Crippen LogP contribution < -0.4 is 15.4 Å². The van der Waals surface area contributed by atoms with Gasteiger partial charge in [-0.25, -0.2) is 4.79 Å². The highest BCUT2D eigenvalue weighted by Gasteiger charge is 2.49. The number of nitrogens with one attached hydrogen (secondary N) is 2. The minimum Gasteiger partial charge on any atom is -0.497 e. The van der Waals surface area contributed by atoms with Gasteiger partial charge in [-0.15, -0.1) is 0 Å². The highest BCUT2D eigenvalue weighted by Crippen LogP contribution is 2.33. The number of fused-ring (bicyclic) bond motifs is 1. The topological polar surface area (TPSA) is 87.7 Å². The van der Waals surface area contributed by atoms with E-state index in [1.54, 1.807) is 14.0 Å². The van der Waals surface area contributed by atoms with Crippen molar-refractivity contribution in [2.75, 3.05) is 13.7 Å². The lowest BCUT2D eigenvalue weighted by Crippen LogP contribution is -2.45. The molecule has 1 aliphatic heterocycles. The number of carbonyl (C=O) groups is 3. The van der Waals surface area contributed by atoms with E-state index in [0.29, 0.717) is 11.5 Å². The zero-order chi connectivity index (χ0) is 20.8. The van der Waals surface area contributed by atoms with Crippen LogP contribution in [0.5, 0.6) is 5.75 Å². The molecule has 0 unspecified atom stereocenters. The molecule has 4 amide bonds. The van der Waals surface area contributed by atoms with Crippen LogP contribution in [0.4, 0.5) is 4.79 Å². The van der Waals surface area contributed by atoms with E-state index in [2.05, 4.69) is 10.6 Å². The van der Waals surface area contributed by atoms with Crippen LogP contribution >= 0.6 is 0 Å². The van der Waals surface area contributed by atoms with Gasteiger partial charge in [0.15, 0.2) is 0 Å². The molecule has 2 atom stereocenters. The van der Waals surface area contributed by atoms with Crippen molar-refractivity contribution in [2.24, 2.45) is 5.92 Å². The number of urea groups is 1. The monoisotopic (exact) mass is 395 g/mol. The molecule has 4 rings (SSSR count). The molecule has 0 bridgehead atoms. The van der Waals surface area contributed by atoms with Gasteiger partial charge in [0.2, 0.25) is 5.91 Å². The predicted molar refractivity (Wildman–Crippen MR) is 108 cm³/mol. The summed E-state index contributed by atoms with van der Waals surface area (Å²) >= 11 is 0. The Morgan fingerprint density at radius 3 is 2.62 bits per heavy atom. The van der Waals surface area contributed by atoms with E-state index >= 15 is 0 Å². The molecule has 0 spiro atoms. The first-order chi connectivity index (χ1) is 13.8. The van der Waals surface area contributed by atoms with Crippen LogP contribution in [0.25, 0.3) is 10.8 Å². The molecule has 1 aliphatic carbocycles. The SMILES string of the molecule is COc1ccc2cc([C@]3(C)NC(=O)N(CC(=O)N[C@H](C)C4CC4)C3=O)ccc2c1. The first-order valence-corrected chi connectivity index (χ1v) is 9.83. The van der Waals surface area contributed by atoms with Crippen LogP contribution in [0.3, 0.4) is 0 Å². The second-order valence-electron chi connectivity index (χ2n) is 8.07. The number of hydrogen-bond donors (Lipinski definition) is 2. The number of imide groups is 1. The maximum atomic E-state index is 13.1. The lowest BCUT2D eigenvalue weighted by atomic mass is 9.90. The minimum atomic E-state index is -1.21. The third-order valence-corrected chi connectivity index (χ3v) is 5.92. The molecule has 152 valence electrons. The number of carbonyl (C=O) groups excluding carboxylic acids is 3. The van der Waals surface area contributed by atoms with Gasteiger partial charge >= 0.3 is 6.03 Å². The van der Waals surface area contributed by atoms with Crippen LogP contribution in [0.2, 0.25) is 0 Å². The average molecular weight is 395 g/mol. The van der Waals surface area contributed by atoms with E-state index in [1.165, 1.54) is 0 Å². The summed E-state index contributed by atoms with van der Waals surface area (Å²) in [6, 6.07) is 10.8. The largest absolute Gasteiger partial charge is 0.497 e. The maximum absolute atomic E-state index is 13.1. The van der Waals surface area contributed by atoms with Gasteiger partial charge in [0.25, 0.3) is 5.91 Å². The summed E-state index contributed by atoms with van der Waals surface area (Å²) < 4.78 is 5.24. The Balaban J connectivity index is 1.54. The number of ether oxygens (including phenoxy) is 1. The molecule has 1 saturated heterocycles. The molecule has 2 aromatic carbocycles. The van der Waals surface area contributed by atoms with E-state index in [-0.39, 0.29) is 18.5 Å². The van der Waals surface area contributed by atoms with Crippen molar-refractivity contribution in [1.29, 1.82) is 0 Å². The van der Waals surface area contributed by atoms with Gasteiger partial charge in [-0.05, 0) is 67.1 Å². The van der Waals surface area contributed by atoms with Crippen LogP contribution in [0, 0.1) is 5.92 Å². The Bertz CT molecular complexity index is 1000. The highest BCUT2D eigenvalue weighted by atomic mass is 16.5. The summed E-state index contributed by atoms with van der Waals surface area (Å²) in [5, 5.41) is 7.55. The highest BCUT2D eigenvalue weighted by molar-refractivity contribution is 6.09. The zero-order valence-corrected chi connectivity index (χ0v) is 16.8. The summed E-state index contributed by atoms with van der Waals surface area (Å²) in [6.45, 7) is 3.35. The van der Waals surface area contributed by atoms with Crippen LogP contribution in [0.15, 0.2) is 36.4 Å². The molecule has 2 aromatic rings. The quantitative estimate of drug-likeness (QED) is 0.736. The molecule has 0 aromatic heterocycles. The van der Waals surface area contributed by atoms with E-state index in [9.17, 15) is 14.4 Å². The fourth-order valence-corrected chi connectivity index (χ4v) is 3.86. The molecular formula is C22H25N3O4. The smallest absolute Gasteiger partial charge is 0.325 e. The molecule has 2 aliphatic rings. The van der Waals surface area contributed by atoms with Gasteiger partial charge in [0.05, 0.1) is 7.11 Å². The minimum absolute atomic E-state index is 0.0622. The van der Waals surface area contributed by atoms with Crippen LogP contribution in [-0.4, -0.2) is 42.4 Å². The van der Waals surface area contributed by atoms with Crippen LogP contribution in [0.1, 0.15) is 32.3 Å². The number of amides is 4. The molecule has 1 saturated carbocycles. The van der Waals surface area contributed by atoms with E-state index < -0.39 is 17.5 Å². The molecule has 7 heteroatoms. The third kappa shape index (κ3) is 3.52. The van der Waals surface area contributed by atoms with Crippen molar-refractivity contribution in [3.05, 3.63) is 42.0 Å². The summed E-state index contributed by atoms with van der Waals surface area (Å²) in [4.78, 5) is 38.9. The molecular weight excluding hydrogens is 370 g/mol. The summed E-state index contributed by atoms with van der Waals surface area (Å²) in [5.41, 5.74) is -0.545. The van der Waals surface area contributed by atoms with Crippen molar-refractivity contribution >= 4 is 28.6 Å². The van der Waals surface area contributed by atoms with Gasteiger partial charge in [-0.2, -0.15) is 0 Å². The van der Waals surface area contributed by atoms with E-state index in [4.69, 9.17) is 4.74 Å². The number of hydrogen-bond acceptors (Lipinski definition) is 4. The van der Waals surface area contributed by atoms with Gasteiger partial charge < -0.3 is 15.4 Å². The van der Waals surface area contributed by atoms with Crippen molar-refractivity contribution in [2.45, 2.75) is 38.3 Å². The number of methoxy groups -OCH3 is 1. The van der Waals surface area contributed by atoms with Gasteiger partial charge in [0.1, 0.15) is 17.8 Å². The maximum Gasteiger partial charge on any atom is 0.325 e. The molecule has 2 fully saturated rings. The zero-order valence-electron chi connectivity index (χ0n) is 16.8. The van der Waals surface area contributed by atoms with Crippen LogP contribution in [-0.2, 0) is 15.1 Å². The van der Waals surface area contributed by atoms with Crippen molar-refractivity contribution in [3.63, 3.8) is 0 Å². The summed E-state index contributed by atoms with van der Waals surface area (Å²) in [5.74, 6) is 0.509. The Labute approximate surface area is 169 Å². The summed E-state index contributed by atoms with van der Waals surface area (Å²) in [7, 11) is 1.61. The fourth-order valence-electron chi connectivity index (χ4n) is 3.86. The second-order valence-corrected chi connectivity index (χ2v) is 8.07. The molecule has 29 heavy (non-hydrogen) atoms. The molecule has 0 radical (unpaired) electrons. The number of benzene rings is 2. The fraction of sp³-hybridized carbons (Fsp3) is 0.409. The first-order valence-electron chi connectivity index (χ1n) is 9.83. The van der Waals surface area contributed by atoms with Crippen molar-refractivity contribution in [1.82, 2.24) is 15.5 Å². The van der Waals surface area contributed by atoms with Gasteiger partial charge in [-0.1, -0.05) is 18.2 Å². The molecule has 2 N–H and O–H groups in total. The van der Waals surface area contributed by atoms with Crippen molar-refractivity contribution < 1.29 is 19.1 Å². The Morgan fingerprint density at radius 2 is 1.93 bits per heavy atom. The van der Waals surface area contributed by atoms with Gasteiger partial charge in [-0.3, -0.25) is 14.5 Å². The van der Waals surface area contributed by atoms with E-state index in [0.717, 1.165) is 34.3 Å². The number of rotatable bonds is 6. The Hall–Kier alpha value is -3.09. The van der Waals surface area contributed by atoms with Gasteiger partial charge in [0, 0.05) is 6.04 Å². The second kappa shape index (κ2) is 7.06. The normalized spacial score (nSPS) is 22.5. The molecule has 1 heterocycles. The Morgan fingerprint density at radius 1 is 1.24 bits per heavy atom. The predicted octanol–water partition coefficient (Wildman–Crippen LogP) is 2.53. The lowest BCUT2D eigenvalue weighted by Gasteiger charge is -2.23. The van der Waals surface area contributed by atoms with E-state index in [1.807, 2.05) is 43.3 Å². The summed E-state index contributed by atoms with van der Waals surface area (Å²) in [6.07, 6.45) is 2.22. The van der Waals surface area contributed by atoms with Crippen molar-refractivity contribution in [3.8, 4) is 5.75 Å². The first kappa shape index (κ1) is 19.2. The lowest BCUT2D eigenvalue weighted by molar-refractivity contribution is -0.135. The average Bonchev–Trinajstić information content (AvgIpc) is 3.52. The number of nitrogens with zero attached hydrogens (tertiary/aromatic N) is 1. The standard InChI is InChI=1S/C22H25N3O4/c1-13(14-4-5-14)23-19(26)12-25-20(27)22(2,24-21(25)28)17-8-6-16-11-18(29-3)9-7-15(16)10-17/h6-11,13-14H,4-5,12H2,1-3H3,(H,23,26)(H,24,28)/t13-,22+/m1/s1.